The predicted molar refractivity (Wildman–Crippen MR) is 80.8 cm³/mol. The molecule has 0 unspecified atom stereocenters. The predicted octanol–water partition coefficient (Wildman–Crippen LogP) is 5.06. The van der Waals surface area contributed by atoms with Gasteiger partial charge in [-0.15, -0.1) is 0 Å². The van der Waals surface area contributed by atoms with E-state index in [1.54, 1.807) is 0 Å². The minimum Gasteiger partial charge on any atom is -0.490 e. The molecule has 0 heterocycles. The Morgan fingerprint density at radius 1 is 1.28 bits per heavy atom. The topological polar surface area (TPSA) is 18.5 Å². The van der Waals surface area contributed by atoms with E-state index in [0.29, 0.717) is 12.7 Å². The second-order valence-electron chi connectivity index (χ2n) is 4.50. The Morgan fingerprint density at radius 3 is 2.61 bits per heavy atom. The van der Waals surface area contributed by atoms with Crippen LogP contribution in [0.2, 0.25) is 0 Å². The number of benzene rings is 1. The molecule has 0 aliphatic heterocycles. The molecular weight excluding hydrogens is 360 g/mol. The molecule has 1 aromatic carbocycles. The third kappa shape index (κ3) is 3.41. The number of alkyl halides is 1. The molecule has 18 heavy (non-hydrogen) atoms. The van der Waals surface area contributed by atoms with Gasteiger partial charge in [0.1, 0.15) is 0 Å². The summed E-state index contributed by atoms with van der Waals surface area (Å²) < 4.78 is 12.8. The molecule has 100 valence electrons. The third-order valence-corrected chi connectivity index (χ3v) is 4.35. The molecule has 2 rings (SSSR count). The van der Waals surface area contributed by atoms with E-state index in [1.807, 2.05) is 13.0 Å². The molecule has 0 N–H and O–H groups in total. The van der Waals surface area contributed by atoms with E-state index < -0.39 is 0 Å². The van der Waals surface area contributed by atoms with Crippen molar-refractivity contribution >= 4 is 31.9 Å². The molecule has 1 aromatic rings. The van der Waals surface area contributed by atoms with Gasteiger partial charge in [0, 0.05) is 5.33 Å². The van der Waals surface area contributed by atoms with Gasteiger partial charge in [0.25, 0.3) is 0 Å². The molecule has 0 saturated heterocycles. The molecule has 1 fully saturated rings. The van der Waals surface area contributed by atoms with Gasteiger partial charge in [-0.2, -0.15) is 0 Å². The lowest BCUT2D eigenvalue weighted by Crippen LogP contribution is -2.12. The summed E-state index contributed by atoms with van der Waals surface area (Å²) >= 11 is 7.06. The summed E-state index contributed by atoms with van der Waals surface area (Å²) in [5, 5.41) is 0.815. The highest BCUT2D eigenvalue weighted by atomic mass is 79.9. The summed E-state index contributed by atoms with van der Waals surface area (Å²) in [6.07, 6.45) is 5.18. The van der Waals surface area contributed by atoms with Crippen molar-refractivity contribution in [2.45, 2.75) is 44.0 Å². The first kappa shape index (κ1) is 14.2. The van der Waals surface area contributed by atoms with Crippen LogP contribution in [0.15, 0.2) is 16.6 Å². The third-order valence-electron chi connectivity index (χ3n) is 3.11. The summed E-state index contributed by atoms with van der Waals surface area (Å²) in [5.74, 6) is 1.70. The molecule has 1 saturated carbocycles. The van der Waals surface area contributed by atoms with Crippen LogP contribution in [-0.4, -0.2) is 12.7 Å². The fourth-order valence-electron chi connectivity index (χ4n) is 2.25. The zero-order valence-electron chi connectivity index (χ0n) is 10.5. The molecule has 0 radical (unpaired) electrons. The van der Waals surface area contributed by atoms with Gasteiger partial charge in [0.05, 0.1) is 17.2 Å². The first-order chi connectivity index (χ1) is 8.74. The van der Waals surface area contributed by atoms with Crippen molar-refractivity contribution in [3.63, 3.8) is 0 Å². The average Bonchev–Trinajstić information content (AvgIpc) is 2.86. The Morgan fingerprint density at radius 2 is 2.00 bits per heavy atom. The van der Waals surface area contributed by atoms with Gasteiger partial charge in [-0.25, -0.2) is 0 Å². The van der Waals surface area contributed by atoms with Crippen LogP contribution in [0.4, 0.5) is 0 Å². The van der Waals surface area contributed by atoms with Gasteiger partial charge in [-0.3, -0.25) is 0 Å². The largest absolute Gasteiger partial charge is 0.490 e. The van der Waals surface area contributed by atoms with Gasteiger partial charge in [0.2, 0.25) is 0 Å². The Labute approximate surface area is 125 Å². The zero-order chi connectivity index (χ0) is 13.0. The molecular formula is C14H18Br2O2. The smallest absolute Gasteiger partial charge is 0.175 e. The first-order valence-corrected chi connectivity index (χ1v) is 8.34. The van der Waals surface area contributed by atoms with Gasteiger partial charge in [0.15, 0.2) is 11.5 Å². The summed E-state index contributed by atoms with van der Waals surface area (Å²) in [7, 11) is 0. The lowest BCUT2D eigenvalue weighted by atomic mass is 10.2. The minimum absolute atomic E-state index is 0.343. The van der Waals surface area contributed by atoms with Crippen LogP contribution in [-0.2, 0) is 5.33 Å². The number of hydrogen-bond acceptors (Lipinski definition) is 2. The van der Waals surface area contributed by atoms with Crippen molar-refractivity contribution in [3.05, 3.63) is 22.2 Å². The van der Waals surface area contributed by atoms with Crippen LogP contribution in [0.3, 0.4) is 0 Å². The summed E-state index contributed by atoms with van der Waals surface area (Å²) in [6, 6.07) is 4.13. The van der Waals surface area contributed by atoms with Crippen molar-refractivity contribution < 1.29 is 9.47 Å². The van der Waals surface area contributed by atoms with Gasteiger partial charge in [-0.05, 0) is 66.2 Å². The van der Waals surface area contributed by atoms with Crippen molar-refractivity contribution in [1.82, 2.24) is 0 Å². The maximum Gasteiger partial charge on any atom is 0.175 e. The second-order valence-corrected chi connectivity index (χ2v) is 5.91. The highest BCUT2D eigenvalue weighted by Crippen LogP contribution is 2.39. The van der Waals surface area contributed by atoms with Crippen molar-refractivity contribution in [3.8, 4) is 11.5 Å². The van der Waals surface area contributed by atoms with Gasteiger partial charge in [-0.1, -0.05) is 15.9 Å². The normalized spacial score (nSPS) is 15.9. The van der Waals surface area contributed by atoms with E-state index in [0.717, 1.165) is 34.1 Å². The van der Waals surface area contributed by atoms with Crippen LogP contribution in [0, 0.1) is 0 Å². The van der Waals surface area contributed by atoms with E-state index in [1.165, 1.54) is 18.4 Å². The van der Waals surface area contributed by atoms with Gasteiger partial charge < -0.3 is 9.47 Å². The molecule has 1 aliphatic carbocycles. The monoisotopic (exact) mass is 376 g/mol. The van der Waals surface area contributed by atoms with Crippen LogP contribution in [0.5, 0.6) is 11.5 Å². The van der Waals surface area contributed by atoms with Crippen LogP contribution in [0.1, 0.15) is 38.2 Å². The molecule has 4 heteroatoms. The Bertz CT molecular complexity index is 401. The number of rotatable bonds is 5. The van der Waals surface area contributed by atoms with Crippen LogP contribution < -0.4 is 9.47 Å². The van der Waals surface area contributed by atoms with Crippen molar-refractivity contribution in [2.24, 2.45) is 0 Å². The lowest BCUT2D eigenvalue weighted by molar-refractivity contribution is 0.195. The highest BCUT2D eigenvalue weighted by molar-refractivity contribution is 9.10. The fraction of sp³-hybridized carbons (Fsp3) is 0.571. The summed E-state index contributed by atoms with van der Waals surface area (Å²) in [4.78, 5) is 0. The molecule has 0 bridgehead atoms. The Kier molecular flexibility index (Phi) is 5.37. The summed E-state index contributed by atoms with van der Waals surface area (Å²) in [6.45, 7) is 2.65. The lowest BCUT2D eigenvalue weighted by Gasteiger charge is -2.18. The molecule has 0 spiro atoms. The molecule has 0 atom stereocenters. The van der Waals surface area contributed by atoms with E-state index in [4.69, 9.17) is 9.47 Å². The zero-order valence-corrected chi connectivity index (χ0v) is 13.7. The quantitative estimate of drug-likeness (QED) is 0.667. The molecule has 1 aliphatic rings. The molecule has 0 amide bonds. The van der Waals surface area contributed by atoms with Crippen LogP contribution >= 0.6 is 31.9 Å². The van der Waals surface area contributed by atoms with Crippen molar-refractivity contribution in [2.75, 3.05) is 6.61 Å². The molecule has 0 aromatic heterocycles. The second kappa shape index (κ2) is 6.80. The minimum atomic E-state index is 0.343. The highest BCUT2D eigenvalue weighted by Gasteiger charge is 2.20. The van der Waals surface area contributed by atoms with Crippen LogP contribution in [0.25, 0.3) is 0 Å². The number of halogens is 2. The van der Waals surface area contributed by atoms with Gasteiger partial charge >= 0.3 is 0 Å². The van der Waals surface area contributed by atoms with Crippen molar-refractivity contribution in [1.29, 1.82) is 0 Å². The Balaban J connectivity index is 2.24. The van der Waals surface area contributed by atoms with E-state index in [-0.39, 0.29) is 0 Å². The standard InChI is InChI=1S/C14H18Br2O2/c1-2-17-13-8-10(9-15)7-12(16)14(13)18-11-5-3-4-6-11/h7-8,11H,2-6,9H2,1H3. The van der Waals surface area contributed by atoms with E-state index >= 15 is 0 Å². The fourth-order valence-corrected chi connectivity index (χ4v) is 3.16. The number of ether oxygens (including phenoxy) is 2. The Hall–Kier alpha value is -0.220. The average molecular weight is 378 g/mol. The SMILES string of the molecule is CCOc1cc(CBr)cc(Br)c1OC1CCCC1. The summed E-state index contributed by atoms with van der Waals surface area (Å²) in [5.41, 5.74) is 1.18. The van der Waals surface area contributed by atoms with E-state index in [2.05, 4.69) is 37.9 Å². The van der Waals surface area contributed by atoms with E-state index in [9.17, 15) is 0 Å². The first-order valence-electron chi connectivity index (χ1n) is 6.42. The number of hydrogen-bond donors (Lipinski definition) is 0. The molecule has 2 nitrogen and oxygen atoms in total. The maximum absolute atomic E-state index is 6.10. The maximum atomic E-state index is 6.10.